The average Bonchev–Trinajstić information content (AvgIpc) is 2.94. The van der Waals surface area contributed by atoms with Crippen LogP contribution in [0.1, 0.15) is 23.2 Å². The van der Waals surface area contributed by atoms with E-state index in [4.69, 9.17) is 4.74 Å². The first-order valence-electron chi connectivity index (χ1n) is 6.55. The second-order valence-electron chi connectivity index (χ2n) is 4.67. The summed E-state index contributed by atoms with van der Waals surface area (Å²) in [5.74, 6) is 0.809. The van der Waals surface area contributed by atoms with E-state index in [0.29, 0.717) is 5.56 Å². The van der Waals surface area contributed by atoms with Gasteiger partial charge in [-0.15, -0.1) is 0 Å². The molecule has 0 saturated heterocycles. The van der Waals surface area contributed by atoms with Gasteiger partial charge >= 0.3 is 0 Å². The third-order valence-corrected chi connectivity index (χ3v) is 4.47. The number of aromatic nitrogens is 1. The molecule has 0 bridgehead atoms. The fourth-order valence-electron chi connectivity index (χ4n) is 2.42. The highest BCUT2D eigenvalue weighted by Crippen LogP contribution is 2.36. The molecule has 1 aromatic carbocycles. The number of methoxy groups -OCH3 is 1. The number of para-hydroxylation sites is 1. The molecule has 1 aliphatic carbocycles. The van der Waals surface area contributed by atoms with Gasteiger partial charge in [0, 0.05) is 5.69 Å². The second kappa shape index (κ2) is 5.56. The second-order valence-corrected chi connectivity index (χ2v) is 5.70. The summed E-state index contributed by atoms with van der Waals surface area (Å²) in [6.45, 7) is 0. The van der Waals surface area contributed by atoms with E-state index in [1.165, 1.54) is 17.3 Å². The van der Waals surface area contributed by atoms with E-state index < -0.39 is 0 Å². The van der Waals surface area contributed by atoms with E-state index in [1.54, 1.807) is 7.11 Å². The molecule has 20 heavy (non-hydrogen) atoms. The lowest BCUT2D eigenvalue weighted by Crippen LogP contribution is -1.95. The van der Waals surface area contributed by atoms with Gasteiger partial charge in [0.25, 0.3) is 0 Å². The summed E-state index contributed by atoms with van der Waals surface area (Å²) < 4.78 is 5.35. The molecular weight excluding hydrogens is 268 g/mol. The van der Waals surface area contributed by atoms with E-state index >= 15 is 0 Å². The van der Waals surface area contributed by atoms with Crippen molar-refractivity contribution >= 4 is 11.8 Å². The van der Waals surface area contributed by atoms with Gasteiger partial charge in [0.1, 0.15) is 16.8 Å². The molecule has 2 aromatic rings. The van der Waals surface area contributed by atoms with Crippen LogP contribution in [-0.4, -0.2) is 12.1 Å². The number of nitriles is 1. The molecule has 0 N–H and O–H groups in total. The highest BCUT2D eigenvalue weighted by Gasteiger charge is 2.17. The number of hydrogen-bond donors (Lipinski definition) is 0. The van der Waals surface area contributed by atoms with Crippen LogP contribution in [0, 0.1) is 11.3 Å². The molecule has 4 heteroatoms. The first-order valence-corrected chi connectivity index (χ1v) is 7.37. The Balaban J connectivity index is 2.00. The SMILES string of the molecule is COc1ccccc1Sc1nc2c(cc1C#N)CCC2. The Bertz CT molecular complexity index is 691. The normalized spacial score (nSPS) is 12.8. The first kappa shape index (κ1) is 13.0. The molecule has 3 nitrogen and oxygen atoms in total. The number of ether oxygens (including phenoxy) is 1. The van der Waals surface area contributed by atoms with Crippen molar-refractivity contribution in [2.75, 3.05) is 7.11 Å². The minimum absolute atomic E-state index is 0.654. The smallest absolute Gasteiger partial charge is 0.132 e. The summed E-state index contributed by atoms with van der Waals surface area (Å²) >= 11 is 1.50. The summed E-state index contributed by atoms with van der Waals surface area (Å²) in [6, 6.07) is 12.1. The van der Waals surface area contributed by atoms with E-state index in [2.05, 4.69) is 11.1 Å². The highest BCUT2D eigenvalue weighted by atomic mass is 32.2. The largest absolute Gasteiger partial charge is 0.496 e. The third-order valence-electron chi connectivity index (χ3n) is 3.41. The van der Waals surface area contributed by atoms with Crippen molar-refractivity contribution in [1.29, 1.82) is 5.26 Å². The van der Waals surface area contributed by atoms with Crippen LogP contribution >= 0.6 is 11.8 Å². The van der Waals surface area contributed by atoms with E-state index in [0.717, 1.165) is 40.6 Å². The molecule has 1 aliphatic rings. The molecule has 0 amide bonds. The average molecular weight is 282 g/mol. The van der Waals surface area contributed by atoms with Gasteiger partial charge in [-0.3, -0.25) is 0 Å². The van der Waals surface area contributed by atoms with Crippen LogP contribution < -0.4 is 4.74 Å². The first-order chi connectivity index (χ1) is 9.81. The number of pyridine rings is 1. The number of rotatable bonds is 3. The van der Waals surface area contributed by atoms with Crippen molar-refractivity contribution in [2.24, 2.45) is 0 Å². The maximum atomic E-state index is 9.32. The van der Waals surface area contributed by atoms with Gasteiger partial charge in [-0.1, -0.05) is 23.9 Å². The molecule has 0 saturated carbocycles. The van der Waals surface area contributed by atoms with Crippen LogP contribution in [0.2, 0.25) is 0 Å². The summed E-state index contributed by atoms with van der Waals surface area (Å²) in [4.78, 5) is 5.66. The van der Waals surface area contributed by atoms with Crippen LogP contribution in [0.5, 0.6) is 5.75 Å². The predicted molar refractivity (Wildman–Crippen MR) is 78.1 cm³/mol. The Morgan fingerprint density at radius 1 is 1.30 bits per heavy atom. The molecule has 3 rings (SSSR count). The molecule has 0 aliphatic heterocycles. The molecule has 1 aromatic heterocycles. The maximum Gasteiger partial charge on any atom is 0.132 e. The van der Waals surface area contributed by atoms with Gasteiger partial charge in [-0.2, -0.15) is 5.26 Å². The number of hydrogen-bond acceptors (Lipinski definition) is 4. The molecule has 1 heterocycles. The molecule has 0 fully saturated rings. The lowest BCUT2D eigenvalue weighted by atomic mass is 10.2. The van der Waals surface area contributed by atoms with Crippen LogP contribution in [0.3, 0.4) is 0 Å². The van der Waals surface area contributed by atoms with Crippen LogP contribution in [0.4, 0.5) is 0 Å². The van der Waals surface area contributed by atoms with Crippen molar-refractivity contribution in [3.63, 3.8) is 0 Å². The zero-order chi connectivity index (χ0) is 13.9. The molecular formula is C16H14N2OS. The summed E-state index contributed by atoms with van der Waals surface area (Å²) in [5.41, 5.74) is 3.02. The lowest BCUT2D eigenvalue weighted by molar-refractivity contribution is 0.405. The van der Waals surface area contributed by atoms with Gasteiger partial charge in [-0.25, -0.2) is 4.98 Å². The fourth-order valence-corrected chi connectivity index (χ4v) is 3.40. The number of aryl methyl sites for hydroxylation is 2. The number of nitrogens with zero attached hydrogens (tertiary/aromatic N) is 2. The standard InChI is InChI=1S/C16H14N2OS/c1-19-14-7-2-3-8-15(14)20-16-12(10-17)9-11-5-4-6-13(11)18-16/h2-3,7-9H,4-6H2,1H3. The van der Waals surface area contributed by atoms with Crippen molar-refractivity contribution in [2.45, 2.75) is 29.2 Å². The Labute approximate surface area is 122 Å². The summed E-state index contributed by atoms with van der Waals surface area (Å²) in [6.07, 6.45) is 3.19. The minimum atomic E-state index is 0.654. The van der Waals surface area contributed by atoms with Crippen molar-refractivity contribution in [3.05, 3.63) is 47.2 Å². The fraction of sp³-hybridized carbons (Fsp3) is 0.250. The third kappa shape index (κ3) is 2.37. The van der Waals surface area contributed by atoms with Crippen LogP contribution in [0.15, 0.2) is 40.3 Å². The Morgan fingerprint density at radius 3 is 2.95 bits per heavy atom. The Hall–Kier alpha value is -1.99. The monoisotopic (exact) mass is 282 g/mol. The molecule has 0 atom stereocenters. The highest BCUT2D eigenvalue weighted by molar-refractivity contribution is 7.99. The van der Waals surface area contributed by atoms with Gasteiger partial charge in [-0.05, 0) is 43.0 Å². The van der Waals surface area contributed by atoms with Gasteiger partial charge in [0.05, 0.1) is 17.6 Å². The molecule has 0 unspecified atom stereocenters. The molecule has 100 valence electrons. The Morgan fingerprint density at radius 2 is 2.15 bits per heavy atom. The molecule has 0 spiro atoms. The zero-order valence-electron chi connectivity index (χ0n) is 11.2. The maximum absolute atomic E-state index is 9.32. The quantitative estimate of drug-likeness (QED) is 0.863. The van der Waals surface area contributed by atoms with Crippen LogP contribution in [0.25, 0.3) is 0 Å². The predicted octanol–water partition coefficient (Wildman–Crippen LogP) is 3.60. The summed E-state index contributed by atoms with van der Waals surface area (Å²) in [5, 5.41) is 10.1. The van der Waals surface area contributed by atoms with E-state index in [-0.39, 0.29) is 0 Å². The topological polar surface area (TPSA) is 45.9 Å². The van der Waals surface area contributed by atoms with Crippen LogP contribution in [-0.2, 0) is 12.8 Å². The van der Waals surface area contributed by atoms with E-state index in [1.807, 2.05) is 30.3 Å². The van der Waals surface area contributed by atoms with E-state index in [9.17, 15) is 5.26 Å². The van der Waals surface area contributed by atoms with Crippen molar-refractivity contribution < 1.29 is 4.74 Å². The Kier molecular flexibility index (Phi) is 3.62. The van der Waals surface area contributed by atoms with Gasteiger partial charge in [0.2, 0.25) is 0 Å². The van der Waals surface area contributed by atoms with Gasteiger partial charge < -0.3 is 4.74 Å². The summed E-state index contributed by atoms with van der Waals surface area (Å²) in [7, 11) is 1.65. The van der Waals surface area contributed by atoms with Gasteiger partial charge in [0.15, 0.2) is 0 Å². The van der Waals surface area contributed by atoms with Crippen molar-refractivity contribution in [3.8, 4) is 11.8 Å². The zero-order valence-corrected chi connectivity index (χ0v) is 12.0. The number of fused-ring (bicyclic) bond motifs is 1. The number of benzene rings is 1. The minimum Gasteiger partial charge on any atom is -0.496 e. The lowest BCUT2D eigenvalue weighted by Gasteiger charge is -2.09. The molecule has 0 radical (unpaired) electrons. The van der Waals surface area contributed by atoms with Crippen molar-refractivity contribution in [1.82, 2.24) is 4.98 Å².